The van der Waals surface area contributed by atoms with Crippen molar-refractivity contribution in [2.24, 2.45) is 5.92 Å². The van der Waals surface area contributed by atoms with E-state index in [1.54, 1.807) is 12.1 Å². The van der Waals surface area contributed by atoms with Gasteiger partial charge >= 0.3 is 12.2 Å². The van der Waals surface area contributed by atoms with Crippen molar-refractivity contribution < 1.29 is 22.8 Å². The molecular weight excluding hydrogens is 493 g/mol. The molecule has 3 N–H and O–H groups in total. The Morgan fingerprint density at radius 1 is 0.895 bits per heavy atom. The first kappa shape index (κ1) is 27.0. The predicted molar refractivity (Wildman–Crippen MR) is 144 cm³/mol. The minimum Gasteiger partial charge on any atom is -0.371 e. The molecule has 6 nitrogen and oxygen atoms in total. The highest BCUT2D eigenvalue weighted by molar-refractivity contribution is 6.04. The number of rotatable bonds is 7. The molecule has 1 aliphatic heterocycles. The number of anilines is 3. The van der Waals surface area contributed by atoms with E-state index in [9.17, 15) is 22.8 Å². The molecule has 0 aliphatic carbocycles. The maximum atomic E-state index is 13.2. The number of benzene rings is 3. The SMILES string of the molecule is CC1CCN(c2ccc(NC(=O)Nc3ccc(C(F)(F)F)cc3)cc2C(=O)NCCc2ccccc2)CC1. The van der Waals surface area contributed by atoms with Crippen LogP contribution in [-0.4, -0.2) is 31.6 Å². The van der Waals surface area contributed by atoms with Gasteiger partial charge < -0.3 is 20.9 Å². The topological polar surface area (TPSA) is 73.5 Å². The maximum absolute atomic E-state index is 13.2. The van der Waals surface area contributed by atoms with Gasteiger partial charge in [-0.1, -0.05) is 37.3 Å². The van der Waals surface area contributed by atoms with Crippen LogP contribution in [0.5, 0.6) is 0 Å². The van der Waals surface area contributed by atoms with Gasteiger partial charge in [0.1, 0.15) is 0 Å². The molecule has 9 heteroatoms. The lowest BCUT2D eigenvalue weighted by Gasteiger charge is -2.33. The Bertz CT molecular complexity index is 1240. The van der Waals surface area contributed by atoms with Crippen LogP contribution in [0.4, 0.5) is 35.0 Å². The zero-order valence-electron chi connectivity index (χ0n) is 21.1. The zero-order valence-corrected chi connectivity index (χ0v) is 21.1. The van der Waals surface area contributed by atoms with Crippen LogP contribution in [0.1, 0.15) is 41.3 Å². The number of urea groups is 1. The Balaban J connectivity index is 1.46. The maximum Gasteiger partial charge on any atom is 0.416 e. The first-order chi connectivity index (χ1) is 18.2. The average Bonchev–Trinajstić information content (AvgIpc) is 2.89. The Hall–Kier alpha value is -4.01. The molecule has 3 amide bonds. The molecule has 1 fully saturated rings. The third kappa shape index (κ3) is 7.27. The van der Waals surface area contributed by atoms with Crippen LogP contribution >= 0.6 is 0 Å². The minimum atomic E-state index is -4.45. The van der Waals surface area contributed by atoms with Gasteiger partial charge in [0.15, 0.2) is 0 Å². The second-order valence-corrected chi connectivity index (χ2v) is 9.55. The van der Waals surface area contributed by atoms with Gasteiger partial charge in [-0.3, -0.25) is 4.79 Å². The summed E-state index contributed by atoms with van der Waals surface area (Å²) in [6.45, 7) is 4.36. The highest BCUT2D eigenvalue weighted by Gasteiger charge is 2.30. The molecule has 0 atom stereocenters. The second kappa shape index (κ2) is 12.0. The quantitative estimate of drug-likeness (QED) is 0.328. The summed E-state index contributed by atoms with van der Waals surface area (Å²) < 4.78 is 38.4. The predicted octanol–water partition coefficient (Wildman–Crippen LogP) is 6.56. The van der Waals surface area contributed by atoms with E-state index in [1.807, 2.05) is 36.4 Å². The molecule has 1 heterocycles. The smallest absolute Gasteiger partial charge is 0.371 e. The van der Waals surface area contributed by atoms with Gasteiger partial charge in [-0.15, -0.1) is 0 Å². The molecule has 1 saturated heterocycles. The number of alkyl halides is 3. The van der Waals surface area contributed by atoms with Crippen LogP contribution in [0, 0.1) is 5.92 Å². The van der Waals surface area contributed by atoms with Crippen LogP contribution in [0.25, 0.3) is 0 Å². The van der Waals surface area contributed by atoms with Gasteiger partial charge in [0, 0.05) is 36.7 Å². The Kier molecular flexibility index (Phi) is 8.55. The lowest BCUT2D eigenvalue weighted by Crippen LogP contribution is -2.35. The number of piperidine rings is 1. The monoisotopic (exact) mass is 524 g/mol. The molecule has 0 aromatic heterocycles. The Labute approximate surface area is 220 Å². The van der Waals surface area contributed by atoms with Gasteiger partial charge in [0.2, 0.25) is 0 Å². The summed E-state index contributed by atoms with van der Waals surface area (Å²) in [5.74, 6) is 0.394. The largest absolute Gasteiger partial charge is 0.416 e. The molecule has 3 aromatic rings. The summed E-state index contributed by atoms with van der Waals surface area (Å²) in [6, 6.07) is 18.6. The first-order valence-electron chi connectivity index (χ1n) is 12.7. The van der Waals surface area contributed by atoms with Crippen molar-refractivity contribution in [3.63, 3.8) is 0 Å². The van der Waals surface area contributed by atoms with E-state index in [4.69, 9.17) is 0 Å². The van der Waals surface area contributed by atoms with Gasteiger partial charge in [-0.2, -0.15) is 13.2 Å². The summed E-state index contributed by atoms with van der Waals surface area (Å²) in [5.41, 5.74) is 2.20. The summed E-state index contributed by atoms with van der Waals surface area (Å²) in [5, 5.41) is 8.19. The lowest BCUT2D eigenvalue weighted by atomic mass is 9.97. The van der Waals surface area contributed by atoms with Crippen LogP contribution < -0.4 is 20.9 Å². The van der Waals surface area contributed by atoms with Crippen molar-refractivity contribution in [1.29, 1.82) is 0 Å². The van der Waals surface area contributed by atoms with Gasteiger partial charge in [0.05, 0.1) is 11.1 Å². The number of carbonyl (C=O) groups is 2. The molecule has 38 heavy (non-hydrogen) atoms. The molecule has 1 aliphatic rings. The summed E-state index contributed by atoms with van der Waals surface area (Å²) in [7, 11) is 0. The second-order valence-electron chi connectivity index (χ2n) is 9.55. The van der Waals surface area contributed by atoms with Crippen molar-refractivity contribution in [2.45, 2.75) is 32.4 Å². The third-order valence-corrected chi connectivity index (χ3v) is 6.64. The number of halogens is 3. The van der Waals surface area contributed by atoms with Crippen molar-refractivity contribution in [3.8, 4) is 0 Å². The van der Waals surface area contributed by atoms with E-state index in [0.717, 1.165) is 49.3 Å². The van der Waals surface area contributed by atoms with Crippen LogP contribution in [0.15, 0.2) is 72.8 Å². The molecule has 0 saturated carbocycles. The fourth-order valence-electron chi connectivity index (χ4n) is 4.42. The molecule has 4 rings (SSSR count). The average molecular weight is 525 g/mol. The highest BCUT2D eigenvalue weighted by atomic mass is 19.4. The lowest BCUT2D eigenvalue weighted by molar-refractivity contribution is -0.137. The van der Waals surface area contributed by atoms with Crippen LogP contribution in [0.2, 0.25) is 0 Å². The molecule has 0 bridgehead atoms. The van der Waals surface area contributed by atoms with Crippen molar-refractivity contribution in [3.05, 3.63) is 89.5 Å². The standard InChI is InChI=1S/C29H31F3N4O2/c1-20-14-17-36(18-15-20)26-12-11-24(19-25(26)27(37)33-16-13-21-5-3-2-4-6-21)35-28(38)34-23-9-7-22(8-10-23)29(30,31)32/h2-12,19-20H,13-18H2,1H3,(H,33,37)(H2,34,35,38). The van der Waals surface area contributed by atoms with Gasteiger partial charge in [-0.25, -0.2) is 4.79 Å². The van der Waals surface area contributed by atoms with E-state index < -0.39 is 17.8 Å². The summed E-state index contributed by atoms with van der Waals surface area (Å²) >= 11 is 0. The first-order valence-corrected chi connectivity index (χ1v) is 12.7. The highest BCUT2D eigenvalue weighted by Crippen LogP contribution is 2.31. The molecule has 0 unspecified atom stereocenters. The van der Waals surface area contributed by atoms with E-state index in [-0.39, 0.29) is 11.6 Å². The Morgan fingerprint density at radius 2 is 1.53 bits per heavy atom. The molecule has 0 spiro atoms. The summed E-state index contributed by atoms with van der Waals surface area (Å²) in [4.78, 5) is 28.0. The molecule has 3 aromatic carbocycles. The van der Waals surface area contributed by atoms with E-state index >= 15 is 0 Å². The fraction of sp³-hybridized carbons (Fsp3) is 0.310. The van der Waals surface area contributed by atoms with E-state index in [0.29, 0.717) is 30.1 Å². The molecule has 200 valence electrons. The minimum absolute atomic E-state index is 0.216. The number of hydrogen-bond acceptors (Lipinski definition) is 3. The van der Waals surface area contributed by atoms with E-state index in [1.165, 1.54) is 12.1 Å². The van der Waals surface area contributed by atoms with Gasteiger partial charge in [-0.05, 0) is 73.2 Å². The van der Waals surface area contributed by atoms with Gasteiger partial charge in [0.25, 0.3) is 5.91 Å². The van der Waals surface area contributed by atoms with Crippen molar-refractivity contribution >= 4 is 29.0 Å². The number of nitrogens with zero attached hydrogens (tertiary/aromatic N) is 1. The zero-order chi connectivity index (χ0) is 27.1. The number of carbonyl (C=O) groups excluding carboxylic acids is 2. The third-order valence-electron chi connectivity index (χ3n) is 6.64. The van der Waals surface area contributed by atoms with Crippen molar-refractivity contribution in [2.75, 3.05) is 35.2 Å². The van der Waals surface area contributed by atoms with E-state index in [2.05, 4.69) is 27.8 Å². The number of hydrogen-bond donors (Lipinski definition) is 3. The Morgan fingerprint density at radius 3 is 2.18 bits per heavy atom. The number of nitrogens with one attached hydrogen (secondary N) is 3. The fourth-order valence-corrected chi connectivity index (χ4v) is 4.42. The van der Waals surface area contributed by atoms with Crippen LogP contribution in [0.3, 0.4) is 0 Å². The number of amides is 3. The normalized spacial score (nSPS) is 14.2. The van der Waals surface area contributed by atoms with Crippen LogP contribution in [-0.2, 0) is 12.6 Å². The molecule has 0 radical (unpaired) electrons. The molecular formula is C29H31F3N4O2. The van der Waals surface area contributed by atoms with Crippen molar-refractivity contribution in [1.82, 2.24) is 5.32 Å². The summed E-state index contributed by atoms with van der Waals surface area (Å²) in [6.07, 6.45) is -1.70.